The summed E-state index contributed by atoms with van der Waals surface area (Å²) < 4.78 is 6.26. The Labute approximate surface area is 191 Å². The fraction of sp³-hybridized carbons (Fsp3) is 0.444. The van der Waals surface area contributed by atoms with Gasteiger partial charge in [-0.2, -0.15) is 0 Å². The second-order valence-electron chi connectivity index (χ2n) is 8.99. The van der Waals surface area contributed by atoms with Crippen LogP contribution in [0.5, 0.6) is 11.5 Å². The van der Waals surface area contributed by atoms with Gasteiger partial charge < -0.3 is 20.1 Å². The van der Waals surface area contributed by atoms with Crippen molar-refractivity contribution in [1.82, 2.24) is 0 Å². The maximum Gasteiger partial charge on any atom is 0.331 e. The number of aliphatic hydroxyl groups is 1. The number of carbonyl (C=O) groups is 1. The normalized spacial score (nSPS) is 19.3. The van der Waals surface area contributed by atoms with Crippen LogP contribution in [0.15, 0.2) is 53.7 Å². The van der Waals surface area contributed by atoms with E-state index in [4.69, 9.17) is 4.74 Å². The van der Waals surface area contributed by atoms with Crippen LogP contribution in [0.25, 0.3) is 6.08 Å². The highest BCUT2D eigenvalue weighted by atomic mass is 16.5. The number of benzene rings is 1. The molecule has 0 amide bonds. The van der Waals surface area contributed by atoms with E-state index < -0.39 is 17.7 Å². The second kappa shape index (κ2) is 11.2. The summed E-state index contributed by atoms with van der Waals surface area (Å²) in [5.74, 6) is 0.124. The van der Waals surface area contributed by atoms with Crippen LogP contribution in [0.1, 0.15) is 70.4 Å². The summed E-state index contributed by atoms with van der Waals surface area (Å²) in [4.78, 5) is 11.4. The number of allylic oxidation sites excluding steroid dienone is 3. The van der Waals surface area contributed by atoms with E-state index in [1.54, 1.807) is 25.1 Å². The van der Waals surface area contributed by atoms with Gasteiger partial charge in [0.05, 0.1) is 6.10 Å². The van der Waals surface area contributed by atoms with Gasteiger partial charge >= 0.3 is 5.97 Å². The average molecular weight is 441 g/mol. The SMILES string of the molecule is C=C(C)C(O)CC/C(=C/CC/C(C)=C/CC[C@@]1(C)C=Cc2cc(O)cc(C)c2O1)C(=O)O. The summed E-state index contributed by atoms with van der Waals surface area (Å²) in [7, 11) is 0. The van der Waals surface area contributed by atoms with Crippen molar-refractivity contribution in [2.24, 2.45) is 0 Å². The third kappa shape index (κ3) is 7.41. The van der Waals surface area contributed by atoms with E-state index >= 15 is 0 Å². The Morgan fingerprint density at radius 1 is 1.22 bits per heavy atom. The van der Waals surface area contributed by atoms with Crippen LogP contribution in [0, 0.1) is 6.92 Å². The number of fused-ring (bicyclic) bond motifs is 1. The van der Waals surface area contributed by atoms with Gasteiger partial charge in [0, 0.05) is 11.1 Å². The molecule has 1 heterocycles. The fourth-order valence-corrected chi connectivity index (χ4v) is 3.73. The third-order valence-electron chi connectivity index (χ3n) is 5.83. The third-order valence-corrected chi connectivity index (χ3v) is 5.83. The summed E-state index contributed by atoms with van der Waals surface area (Å²) in [5, 5.41) is 29.0. The van der Waals surface area contributed by atoms with E-state index in [9.17, 15) is 20.1 Å². The van der Waals surface area contributed by atoms with Crippen LogP contribution < -0.4 is 4.74 Å². The topological polar surface area (TPSA) is 87.0 Å². The summed E-state index contributed by atoms with van der Waals surface area (Å²) in [6.45, 7) is 11.5. The van der Waals surface area contributed by atoms with Gasteiger partial charge in [0.1, 0.15) is 17.1 Å². The molecule has 0 bridgehead atoms. The number of aliphatic hydroxyl groups excluding tert-OH is 1. The van der Waals surface area contributed by atoms with Crippen molar-refractivity contribution in [3.05, 3.63) is 64.8 Å². The molecule has 0 aromatic heterocycles. The Kier molecular flexibility index (Phi) is 8.90. The smallest absolute Gasteiger partial charge is 0.331 e. The number of phenols is 1. The van der Waals surface area contributed by atoms with Crippen LogP contribution in [-0.4, -0.2) is 33.0 Å². The Bertz CT molecular complexity index is 938. The van der Waals surface area contributed by atoms with Gasteiger partial charge in [0.15, 0.2) is 0 Å². The number of aliphatic carboxylic acids is 1. The second-order valence-corrected chi connectivity index (χ2v) is 8.99. The lowest BCUT2D eigenvalue weighted by molar-refractivity contribution is -0.132. The van der Waals surface area contributed by atoms with E-state index in [1.807, 2.05) is 19.1 Å². The number of aromatic hydroxyl groups is 1. The molecule has 1 unspecified atom stereocenters. The van der Waals surface area contributed by atoms with Crippen LogP contribution in [0.2, 0.25) is 0 Å². The molecule has 1 aromatic rings. The molecular formula is C27H36O5. The minimum Gasteiger partial charge on any atom is -0.508 e. The molecule has 1 aromatic carbocycles. The van der Waals surface area contributed by atoms with Crippen LogP contribution in [0.3, 0.4) is 0 Å². The largest absolute Gasteiger partial charge is 0.508 e. The summed E-state index contributed by atoms with van der Waals surface area (Å²) in [6, 6.07) is 3.42. The number of rotatable bonds is 11. The minimum absolute atomic E-state index is 0.240. The fourth-order valence-electron chi connectivity index (χ4n) is 3.73. The average Bonchev–Trinajstić information content (AvgIpc) is 2.70. The van der Waals surface area contributed by atoms with Crippen molar-refractivity contribution in [1.29, 1.82) is 0 Å². The Morgan fingerprint density at radius 3 is 2.59 bits per heavy atom. The van der Waals surface area contributed by atoms with Crippen molar-refractivity contribution in [3.8, 4) is 11.5 Å². The summed E-state index contributed by atoms with van der Waals surface area (Å²) >= 11 is 0. The number of aryl methyl sites for hydroxylation is 1. The van der Waals surface area contributed by atoms with Crippen LogP contribution in [-0.2, 0) is 4.79 Å². The van der Waals surface area contributed by atoms with Crippen molar-refractivity contribution in [3.63, 3.8) is 0 Å². The molecule has 0 saturated carbocycles. The van der Waals surface area contributed by atoms with Crippen LogP contribution >= 0.6 is 0 Å². The lowest BCUT2D eigenvalue weighted by Gasteiger charge is -2.32. The molecule has 1 aliphatic rings. The molecule has 174 valence electrons. The molecule has 5 nitrogen and oxygen atoms in total. The van der Waals surface area contributed by atoms with Gasteiger partial charge in [-0.1, -0.05) is 36.0 Å². The zero-order valence-electron chi connectivity index (χ0n) is 19.6. The maximum absolute atomic E-state index is 11.4. The number of hydrogen-bond acceptors (Lipinski definition) is 4. The highest BCUT2D eigenvalue weighted by molar-refractivity contribution is 5.86. The molecule has 0 spiro atoms. The van der Waals surface area contributed by atoms with Gasteiger partial charge in [-0.05, 0) is 90.0 Å². The predicted octanol–water partition coefficient (Wildman–Crippen LogP) is 6.10. The van der Waals surface area contributed by atoms with Crippen LogP contribution in [0.4, 0.5) is 0 Å². The van der Waals surface area contributed by atoms with Crippen molar-refractivity contribution in [2.75, 3.05) is 0 Å². The highest BCUT2D eigenvalue weighted by Crippen LogP contribution is 2.38. The lowest BCUT2D eigenvalue weighted by atomic mass is 9.93. The Morgan fingerprint density at radius 2 is 1.94 bits per heavy atom. The zero-order valence-corrected chi connectivity index (χ0v) is 19.6. The van der Waals surface area contributed by atoms with Gasteiger partial charge in [-0.3, -0.25) is 0 Å². The molecule has 2 rings (SSSR count). The Hall–Kier alpha value is -2.79. The first kappa shape index (κ1) is 25.5. The van der Waals surface area contributed by atoms with Crippen molar-refractivity contribution in [2.45, 2.75) is 77.9 Å². The molecule has 0 saturated heterocycles. The minimum atomic E-state index is -0.932. The molecule has 3 N–H and O–H groups in total. The molecule has 1 aliphatic heterocycles. The Balaban J connectivity index is 1.87. The maximum atomic E-state index is 11.4. The lowest BCUT2D eigenvalue weighted by Crippen LogP contribution is -2.32. The van der Waals surface area contributed by atoms with E-state index in [-0.39, 0.29) is 5.75 Å². The number of hydrogen-bond donors (Lipinski definition) is 3. The number of ether oxygens (including phenoxy) is 1. The molecule has 0 radical (unpaired) electrons. The first-order chi connectivity index (χ1) is 15.0. The molecule has 0 aliphatic carbocycles. The van der Waals surface area contributed by atoms with Gasteiger partial charge in [0.25, 0.3) is 0 Å². The van der Waals surface area contributed by atoms with E-state index in [2.05, 4.69) is 26.5 Å². The number of carboxylic acids is 1. The van der Waals surface area contributed by atoms with Gasteiger partial charge in [-0.15, -0.1) is 0 Å². The molecule has 2 atom stereocenters. The zero-order chi connectivity index (χ0) is 23.9. The first-order valence-electron chi connectivity index (χ1n) is 11.1. The number of phenolic OH excluding ortho intramolecular Hbond substituents is 1. The van der Waals surface area contributed by atoms with E-state index in [0.717, 1.165) is 36.1 Å². The molecular weight excluding hydrogens is 404 g/mol. The standard InChI is InChI=1S/C27H36O5/c1-18(2)24(29)12-11-21(26(30)31)10-6-8-19(3)9-7-14-27(5)15-13-22-17-23(28)16-20(4)25(22)32-27/h9-10,13,15-17,24,28-29H,1,6-8,11-12,14H2,2-5H3,(H,30,31)/b19-9+,21-10-/t24?,27-/m0/s1. The van der Waals surface area contributed by atoms with Gasteiger partial charge in [-0.25, -0.2) is 4.79 Å². The van der Waals surface area contributed by atoms with Gasteiger partial charge in [0.2, 0.25) is 0 Å². The van der Waals surface area contributed by atoms with Crippen molar-refractivity contribution < 1.29 is 24.9 Å². The number of carboxylic acid groups (broad SMARTS) is 1. The first-order valence-corrected chi connectivity index (χ1v) is 11.1. The van der Waals surface area contributed by atoms with E-state index in [1.165, 1.54) is 5.57 Å². The van der Waals surface area contributed by atoms with Crippen molar-refractivity contribution >= 4 is 12.0 Å². The van der Waals surface area contributed by atoms with E-state index in [0.29, 0.717) is 30.4 Å². The quantitative estimate of drug-likeness (QED) is 0.286. The molecule has 5 heteroatoms. The monoisotopic (exact) mass is 440 g/mol. The predicted molar refractivity (Wildman–Crippen MR) is 129 cm³/mol. The highest BCUT2D eigenvalue weighted by Gasteiger charge is 2.27. The molecule has 32 heavy (non-hydrogen) atoms. The molecule has 0 fully saturated rings. The summed E-state index contributed by atoms with van der Waals surface area (Å²) in [5.41, 5.74) is 3.59. The summed E-state index contributed by atoms with van der Waals surface area (Å²) in [6.07, 6.45) is 11.1.